The Morgan fingerprint density at radius 3 is 2.68 bits per heavy atom. The summed E-state index contributed by atoms with van der Waals surface area (Å²) in [4.78, 5) is 31.6. The Morgan fingerprint density at radius 2 is 2.00 bits per heavy atom. The fourth-order valence-corrected chi connectivity index (χ4v) is 8.17. The van der Waals surface area contributed by atoms with E-state index in [9.17, 15) is 14.9 Å². The summed E-state index contributed by atoms with van der Waals surface area (Å²) in [6, 6.07) is 7.99. The van der Waals surface area contributed by atoms with Gasteiger partial charge in [-0.05, 0) is 99.3 Å². The fourth-order valence-electron chi connectivity index (χ4n) is 8.17. The van der Waals surface area contributed by atoms with Crippen LogP contribution in [-0.4, -0.2) is 101 Å². The van der Waals surface area contributed by atoms with Crippen LogP contribution in [0.1, 0.15) is 79.2 Å². The zero-order valence-corrected chi connectivity index (χ0v) is 26.8. The summed E-state index contributed by atoms with van der Waals surface area (Å²) in [6.07, 6.45) is 7.15. The van der Waals surface area contributed by atoms with Crippen LogP contribution >= 0.6 is 0 Å². The monoisotopic (exact) mass is 601 g/mol. The number of likely N-dealkylation sites (tertiary alicyclic amines) is 1. The van der Waals surface area contributed by atoms with Gasteiger partial charge in [-0.2, -0.15) is 10.5 Å². The highest BCUT2D eigenvalue weighted by Gasteiger charge is 2.53. The average molecular weight is 602 g/mol. The van der Waals surface area contributed by atoms with E-state index in [4.69, 9.17) is 0 Å². The number of carbonyl (C=O) groups is 2. The van der Waals surface area contributed by atoms with Gasteiger partial charge < -0.3 is 20.0 Å². The van der Waals surface area contributed by atoms with Crippen LogP contribution in [0.25, 0.3) is 0 Å². The van der Waals surface area contributed by atoms with Crippen LogP contribution < -0.4 is 5.32 Å². The van der Waals surface area contributed by atoms with Crippen LogP contribution in [0.5, 0.6) is 0 Å². The Labute approximate surface area is 261 Å². The molecule has 2 fully saturated rings. The van der Waals surface area contributed by atoms with Gasteiger partial charge in [0.05, 0.1) is 18.0 Å². The molecule has 2 aromatic rings. The second kappa shape index (κ2) is 13.1. The lowest BCUT2D eigenvalue weighted by molar-refractivity contribution is -0.130. The van der Waals surface area contributed by atoms with Gasteiger partial charge in [0.25, 0.3) is 5.91 Å². The molecule has 5 rings (SSSR count). The zero-order chi connectivity index (χ0) is 31.6. The van der Waals surface area contributed by atoms with Crippen molar-refractivity contribution in [2.75, 3.05) is 41.3 Å². The highest BCUT2D eigenvalue weighted by Crippen LogP contribution is 2.55. The predicted octanol–water partition coefficient (Wildman–Crippen LogP) is 3.12. The van der Waals surface area contributed by atoms with E-state index in [1.807, 2.05) is 6.07 Å². The molecule has 1 saturated carbocycles. The molecule has 11 heteroatoms. The first-order valence-electron chi connectivity index (χ1n) is 15.9. The number of rotatable bonds is 9. The van der Waals surface area contributed by atoms with Gasteiger partial charge in [-0.25, -0.2) is 0 Å². The molecule has 1 aliphatic heterocycles. The number of aryl methyl sites for hydroxylation is 1. The van der Waals surface area contributed by atoms with E-state index in [1.165, 1.54) is 5.70 Å². The van der Waals surface area contributed by atoms with Gasteiger partial charge in [0.15, 0.2) is 5.82 Å². The van der Waals surface area contributed by atoms with Gasteiger partial charge in [-0.15, -0.1) is 10.2 Å². The van der Waals surface area contributed by atoms with Crippen molar-refractivity contribution < 1.29 is 9.59 Å². The number of nitrogens with zero attached hydrogens (tertiary/aromatic N) is 7. The Bertz CT molecular complexity index is 1400. The molecule has 2 amide bonds. The van der Waals surface area contributed by atoms with Crippen LogP contribution in [-0.2, 0) is 16.6 Å². The quantitative estimate of drug-likeness (QED) is 0.448. The third kappa shape index (κ3) is 5.96. The molecule has 2 aliphatic carbocycles. The third-order valence-electron chi connectivity index (χ3n) is 10.4. The predicted molar refractivity (Wildman–Crippen MR) is 167 cm³/mol. The first-order valence-corrected chi connectivity index (χ1v) is 15.9. The Balaban J connectivity index is 1.53. The average Bonchev–Trinajstić information content (AvgIpc) is 3.71. The number of carbonyl (C=O) groups excluding carboxylic acids is 2. The van der Waals surface area contributed by atoms with Crippen molar-refractivity contribution in [3.05, 3.63) is 53.0 Å². The van der Waals surface area contributed by atoms with E-state index in [0.29, 0.717) is 36.2 Å². The number of allylic oxidation sites excluding steroid dienone is 1. The molecule has 44 heavy (non-hydrogen) atoms. The van der Waals surface area contributed by atoms with Crippen molar-refractivity contribution in [2.45, 2.75) is 75.8 Å². The standard InChI is InChI=1S/C33H47N9O2/c1-21(35-20-30(43)42-15-7-8-27(42)19-34)18-33(32-36-38-39-37-32)28-13-11-23(22(2)40(3)4)16-24(28)9-10-25-17-26(12-14-29(25)33)31(44)41(5)6/h12,14,17,21,23-24,27-28,35H,2,7-11,13,15-16,18,20H2,1,3-6H3,(H,36,37,38,39)/t21-,23?,24?,27?,28?,33?/m1/s1. The van der Waals surface area contributed by atoms with Crippen molar-refractivity contribution in [2.24, 2.45) is 17.8 Å². The topological polar surface area (TPSA) is 134 Å². The van der Waals surface area contributed by atoms with E-state index >= 15 is 0 Å². The number of aromatic nitrogens is 4. The van der Waals surface area contributed by atoms with Gasteiger partial charge in [0, 0.05) is 52.0 Å². The number of tetrazole rings is 1. The zero-order valence-electron chi connectivity index (χ0n) is 26.8. The first kappa shape index (κ1) is 31.6. The number of nitrogens with one attached hydrogen (secondary N) is 2. The third-order valence-corrected chi connectivity index (χ3v) is 10.4. The molecule has 11 nitrogen and oxygen atoms in total. The molecule has 0 radical (unpaired) electrons. The lowest BCUT2D eigenvalue weighted by Gasteiger charge is -2.48. The summed E-state index contributed by atoms with van der Waals surface area (Å²) in [7, 11) is 7.69. The largest absolute Gasteiger partial charge is 0.381 e. The summed E-state index contributed by atoms with van der Waals surface area (Å²) in [5.41, 5.74) is 3.56. The van der Waals surface area contributed by atoms with Crippen molar-refractivity contribution >= 4 is 11.8 Å². The van der Waals surface area contributed by atoms with Gasteiger partial charge in [-0.3, -0.25) is 9.59 Å². The van der Waals surface area contributed by atoms with Crippen molar-refractivity contribution in [1.29, 1.82) is 5.26 Å². The minimum absolute atomic E-state index is 0.0203. The molecule has 0 bridgehead atoms. The number of aromatic amines is 1. The number of amides is 2. The molecular weight excluding hydrogens is 554 g/mol. The lowest BCUT2D eigenvalue weighted by Crippen LogP contribution is -2.49. The summed E-state index contributed by atoms with van der Waals surface area (Å²) in [5.74, 6) is 1.64. The van der Waals surface area contributed by atoms with Crippen LogP contribution in [0.15, 0.2) is 30.5 Å². The maximum absolute atomic E-state index is 13.1. The van der Waals surface area contributed by atoms with Crippen LogP contribution in [0.4, 0.5) is 0 Å². The van der Waals surface area contributed by atoms with Crippen LogP contribution in [0.3, 0.4) is 0 Å². The van der Waals surface area contributed by atoms with Gasteiger partial charge in [0.2, 0.25) is 5.91 Å². The van der Waals surface area contributed by atoms with Crippen LogP contribution in [0.2, 0.25) is 0 Å². The SMILES string of the molecule is C=C(C1CCC2C(CCc3cc(C(=O)N(C)C)ccc3C2(C[C@@H](C)NCC(=O)N2CCCC2C#N)c2nn[nH]n2)C1)N(C)C. The normalized spacial score (nSPS) is 27.0. The van der Waals surface area contributed by atoms with E-state index < -0.39 is 5.41 Å². The second-order valence-electron chi connectivity index (χ2n) is 13.4. The number of hydrogen-bond acceptors (Lipinski definition) is 8. The first-order chi connectivity index (χ1) is 21.1. The molecule has 0 spiro atoms. The number of nitriles is 1. The smallest absolute Gasteiger partial charge is 0.253 e. The van der Waals surface area contributed by atoms with E-state index in [-0.39, 0.29) is 36.4 Å². The minimum Gasteiger partial charge on any atom is -0.381 e. The fraction of sp³-hybridized carbons (Fsp3) is 0.636. The minimum atomic E-state index is -0.577. The molecule has 1 aromatic heterocycles. The van der Waals surface area contributed by atoms with Gasteiger partial charge in [-0.1, -0.05) is 17.9 Å². The van der Waals surface area contributed by atoms with Gasteiger partial charge >= 0.3 is 0 Å². The van der Waals surface area contributed by atoms with Crippen molar-refractivity contribution in [3.8, 4) is 6.07 Å². The number of benzene rings is 1. The lowest BCUT2D eigenvalue weighted by atomic mass is 9.57. The van der Waals surface area contributed by atoms with Crippen LogP contribution in [0, 0.1) is 29.1 Å². The molecule has 236 valence electrons. The summed E-state index contributed by atoms with van der Waals surface area (Å²) in [5, 5.41) is 29.1. The molecule has 2 N–H and O–H groups in total. The van der Waals surface area contributed by atoms with E-state index in [0.717, 1.165) is 56.1 Å². The maximum atomic E-state index is 13.1. The second-order valence-corrected chi connectivity index (χ2v) is 13.4. The molecule has 1 aromatic carbocycles. The molecule has 2 heterocycles. The Kier molecular flexibility index (Phi) is 9.39. The number of hydrogen-bond donors (Lipinski definition) is 2. The highest BCUT2D eigenvalue weighted by molar-refractivity contribution is 5.94. The van der Waals surface area contributed by atoms with Crippen molar-refractivity contribution in [3.63, 3.8) is 0 Å². The maximum Gasteiger partial charge on any atom is 0.253 e. The highest BCUT2D eigenvalue weighted by atomic mass is 16.2. The number of fused-ring (bicyclic) bond motifs is 2. The molecule has 1 saturated heterocycles. The van der Waals surface area contributed by atoms with E-state index in [1.54, 1.807) is 23.9 Å². The van der Waals surface area contributed by atoms with Gasteiger partial charge in [0.1, 0.15) is 6.04 Å². The summed E-state index contributed by atoms with van der Waals surface area (Å²) >= 11 is 0. The summed E-state index contributed by atoms with van der Waals surface area (Å²) in [6.45, 7) is 7.34. The van der Waals surface area contributed by atoms with E-state index in [2.05, 4.69) is 76.6 Å². The Hall–Kier alpha value is -3.78. The molecule has 5 unspecified atom stereocenters. The molecular formula is C33H47N9O2. The Morgan fingerprint density at radius 1 is 1.20 bits per heavy atom. The van der Waals surface area contributed by atoms with Crippen molar-refractivity contribution in [1.82, 2.24) is 40.6 Å². The molecule has 6 atom stereocenters. The number of H-pyrrole nitrogens is 1. The molecule has 3 aliphatic rings. The summed E-state index contributed by atoms with van der Waals surface area (Å²) < 4.78 is 0.